The van der Waals surface area contributed by atoms with Crippen LogP contribution in [0.2, 0.25) is 0 Å². The summed E-state index contributed by atoms with van der Waals surface area (Å²) in [6, 6.07) is 0.318. The Morgan fingerprint density at radius 2 is 2.00 bits per heavy atom. The first-order valence-electron chi connectivity index (χ1n) is 9.03. The Balaban J connectivity index is 1.49. The first kappa shape index (κ1) is 14.3. The van der Waals surface area contributed by atoms with Gasteiger partial charge in [-0.15, -0.1) is 0 Å². The lowest BCUT2D eigenvalue weighted by molar-refractivity contribution is -0.312. The molecule has 0 aromatic heterocycles. The van der Waals surface area contributed by atoms with Gasteiger partial charge in [-0.05, 0) is 37.0 Å². The van der Waals surface area contributed by atoms with Gasteiger partial charge in [-0.25, -0.2) is 0 Å². The number of carbonyl (C=O) groups excluding carboxylic acids is 2. The van der Waals surface area contributed by atoms with Crippen LogP contribution in [0.15, 0.2) is 35.3 Å². The van der Waals surface area contributed by atoms with Gasteiger partial charge in [0.15, 0.2) is 5.78 Å². The van der Waals surface area contributed by atoms with Gasteiger partial charge in [0.2, 0.25) is 0 Å². The van der Waals surface area contributed by atoms with E-state index in [1.807, 2.05) is 0 Å². The molecular formula is C19H21N2O3-. The third-order valence-corrected chi connectivity index (χ3v) is 6.52. The molecule has 6 aliphatic rings. The van der Waals surface area contributed by atoms with Crippen molar-refractivity contribution in [3.8, 4) is 0 Å². The van der Waals surface area contributed by atoms with Crippen molar-refractivity contribution in [2.24, 2.45) is 17.8 Å². The Morgan fingerprint density at radius 3 is 2.75 bits per heavy atom. The Bertz CT molecular complexity index is 720. The van der Waals surface area contributed by atoms with Crippen LogP contribution in [0.3, 0.4) is 0 Å². The van der Waals surface area contributed by atoms with E-state index in [2.05, 4.69) is 28.0 Å². The number of likely N-dealkylation sites (tertiary alicyclic amines) is 1. The summed E-state index contributed by atoms with van der Waals surface area (Å²) in [5, 5.41) is 11.6. The van der Waals surface area contributed by atoms with Gasteiger partial charge in [0.25, 0.3) is 0 Å². The van der Waals surface area contributed by atoms with E-state index in [0.717, 1.165) is 37.1 Å². The third-order valence-electron chi connectivity index (χ3n) is 6.52. The number of allylic oxidation sites excluding steroid dienone is 4. The van der Waals surface area contributed by atoms with E-state index >= 15 is 0 Å². The number of nitrogens with zero attached hydrogens (tertiary/aromatic N) is 2. The van der Waals surface area contributed by atoms with Crippen LogP contribution in [0.1, 0.15) is 32.1 Å². The van der Waals surface area contributed by atoms with Crippen molar-refractivity contribution < 1.29 is 14.7 Å². The molecule has 0 aromatic carbocycles. The molecule has 3 fully saturated rings. The number of carboxylic acid groups (broad SMARTS) is 1. The number of ketones is 1. The lowest BCUT2D eigenvalue weighted by atomic mass is 9.79. The lowest BCUT2D eigenvalue weighted by Crippen LogP contribution is -2.45. The van der Waals surface area contributed by atoms with Crippen LogP contribution in [0.4, 0.5) is 0 Å². The highest BCUT2D eigenvalue weighted by Crippen LogP contribution is 2.45. The van der Waals surface area contributed by atoms with Crippen molar-refractivity contribution in [1.82, 2.24) is 9.80 Å². The zero-order valence-corrected chi connectivity index (χ0v) is 13.6. The summed E-state index contributed by atoms with van der Waals surface area (Å²) >= 11 is 0. The molecule has 5 aliphatic heterocycles. The highest BCUT2D eigenvalue weighted by atomic mass is 16.4. The van der Waals surface area contributed by atoms with Gasteiger partial charge in [-0.2, -0.15) is 0 Å². The van der Waals surface area contributed by atoms with E-state index < -0.39 is 5.97 Å². The Morgan fingerprint density at radius 1 is 1.17 bits per heavy atom. The van der Waals surface area contributed by atoms with Crippen molar-refractivity contribution in [2.45, 2.75) is 38.1 Å². The van der Waals surface area contributed by atoms with Crippen molar-refractivity contribution in [2.75, 3.05) is 13.1 Å². The lowest BCUT2D eigenvalue weighted by Gasteiger charge is -2.44. The molecule has 0 spiro atoms. The molecule has 4 bridgehead atoms. The van der Waals surface area contributed by atoms with E-state index in [1.54, 1.807) is 0 Å². The van der Waals surface area contributed by atoms with E-state index in [1.165, 1.54) is 12.1 Å². The van der Waals surface area contributed by atoms with E-state index in [9.17, 15) is 14.7 Å². The topological polar surface area (TPSA) is 63.7 Å². The quantitative estimate of drug-likeness (QED) is 0.751. The van der Waals surface area contributed by atoms with Crippen LogP contribution in [0.5, 0.6) is 0 Å². The number of piperidine rings is 1. The van der Waals surface area contributed by atoms with Crippen LogP contribution in [0, 0.1) is 17.8 Å². The Labute approximate surface area is 141 Å². The number of carbonyl (C=O) groups is 2. The summed E-state index contributed by atoms with van der Waals surface area (Å²) in [5.74, 6) is -0.698. The molecule has 1 saturated carbocycles. The summed E-state index contributed by atoms with van der Waals surface area (Å²) < 4.78 is 0. The zero-order valence-electron chi connectivity index (χ0n) is 13.6. The Hall–Kier alpha value is -2.04. The van der Waals surface area contributed by atoms with Gasteiger partial charge in [-0.3, -0.25) is 4.79 Å². The van der Waals surface area contributed by atoms with Crippen LogP contribution in [-0.4, -0.2) is 40.7 Å². The number of rotatable bonds is 2. The van der Waals surface area contributed by atoms with Crippen molar-refractivity contribution >= 4 is 11.8 Å². The minimum Gasteiger partial charge on any atom is -0.550 e. The number of fused-ring (bicyclic) bond motifs is 2. The molecule has 3 unspecified atom stereocenters. The second-order valence-electron chi connectivity index (χ2n) is 7.75. The van der Waals surface area contributed by atoms with Crippen molar-refractivity contribution in [3.63, 3.8) is 0 Å². The highest BCUT2D eigenvalue weighted by Gasteiger charge is 2.45. The molecule has 126 valence electrons. The summed E-state index contributed by atoms with van der Waals surface area (Å²) in [6.07, 6.45) is 11.5. The number of hydrogen-bond donors (Lipinski definition) is 0. The molecule has 0 N–H and O–H groups in total. The molecule has 2 saturated heterocycles. The molecule has 5 nitrogen and oxygen atoms in total. The maximum Gasteiger partial charge on any atom is 0.159 e. The summed E-state index contributed by atoms with van der Waals surface area (Å²) in [7, 11) is 0. The zero-order chi connectivity index (χ0) is 16.4. The molecular weight excluding hydrogens is 304 g/mol. The van der Waals surface area contributed by atoms with Crippen LogP contribution < -0.4 is 5.11 Å². The normalized spacial score (nSPS) is 37.0. The van der Waals surface area contributed by atoms with Gasteiger partial charge < -0.3 is 19.7 Å². The number of hydrogen-bond acceptors (Lipinski definition) is 5. The average Bonchev–Trinajstić information content (AvgIpc) is 2.94. The summed E-state index contributed by atoms with van der Waals surface area (Å²) in [6.45, 7) is 1.04. The SMILES string of the molecule is O=C([O-])C1CN(C2=CC3=C[C@@H]4CC(=C2)N3CC4=O)C2CCCCC12. The fourth-order valence-corrected chi connectivity index (χ4v) is 5.35. The minimum absolute atomic E-state index is 0.0334. The molecule has 4 atom stereocenters. The molecule has 1 aliphatic carbocycles. The number of carboxylic acids is 1. The monoisotopic (exact) mass is 325 g/mol. The third kappa shape index (κ3) is 1.93. The molecule has 0 amide bonds. The standard InChI is InChI=1S/C19H22N2O3/c22-18-10-20-12-5-11(18)6-13(20)8-14(7-12)21-9-16(19(23)24)15-3-1-2-4-17(15)21/h5,7-8,11,15-17H,1-4,6,9-10H2,(H,23,24)/p-1/t11-,15?,16?,17?/m1/s1. The Kier molecular flexibility index (Phi) is 2.97. The first-order chi connectivity index (χ1) is 11.6. The van der Waals surface area contributed by atoms with Gasteiger partial charge in [-0.1, -0.05) is 12.8 Å². The second kappa shape index (κ2) is 4.98. The highest BCUT2D eigenvalue weighted by molar-refractivity contribution is 5.88. The first-order valence-corrected chi connectivity index (χ1v) is 9.03. The van der Waals surface area contributed by atoms with Crippen molar-refractivity contribution in [3.05, 3.63) is 35.3 Å². The van der Waals surface area contributed by atoms with Gasteiger partial charge in [0.05, 0.1) is 6.54 Å². The van der Waals surface area contributed by atoms with Crippen LogP contribution in [0.25, 0.3) is 0 Å². The molecule has 5 heteroatoms. The van der Waals surface area contributed by atoms with E-state index in [4.69, 9.17) is 0 Å². The molecule has 0 aromatic rings. The van der Waals surface area contributed by atoms with Crippen LogP contribution >= 0.6 is 0 Å². The fourth-order valence-electron chi connectivity index (χ4n) is 5.35. The molecule has 24 heavy (non-hydrogen) atoms. The summed E-state index contributed by atoms with van der Waals surface area (Å²) in [4.78, 5) is 27.9. The average molecular weight is 325 g/mol. The molecule has 6 rings (SSSR count). The predicted octanol–water partition coefficient (Wildman–Crippen LogP) is 0.797. The number of aliphatic carboxylic acids is 1. The molecule has 0 radical (unpaired) electrons. The van der Waals surface area contributed by atoms with Crippen LogP contribution in [-0.2, 0) is 9.59 Å². The smallest absolute Gasteiger partial charge is 0.159 e. The predicted molar refractivity (Wildman–Crippen MR) is 85.0 cm³/mol. The van der Waals surface area contributed by atoms with Crippen molar-refractivity contribution in [1.29, 1.82) is 0 Å². The maximum atomic E-state index is 11.9. The van der Waals surface area contributed by atoms with Gasteiger partial charge in [0.1, 0.15) is 0 Å². The summed E-state index contributed by atoms with van der Waals surface area (Å²) in [5.41, 5.74) is 3.45. The largest absolute Gasteiger partial charge is 0.550 e. The minimum atomic E-state index is -0.897. The van der Waals surface area contributed by atoms with Gasteiger partial charge in [0, 0.05) is 53.9 Å². The van der Waals surface area contributed by atoms with Gasteiger partial charge >= 0.3 is 0 Å². The maximum absolute atomic E-state index is 11.9. The fraction of sp³-hybridized carbons (Fsp3) is 0.579. The van der Waals surface area contributed by atoms with E-state index in [0.29, 0.717) is 24.9 Å². The second-order valence-corrected chi connectivity index (χ2v) is 7.75. The number of Topliss-reactive ketones (excluding diaryl/α,β-unsaturated/α-hetero) is 1. The van der Waals surface area contributed by atoms with E-state index in [-0.39, 0.29) is 17.8 Å². The molecule has 5 heterocycles.